The van der Waals surface area contributed by atoms with Crippen LogP contribution in [0.5, 0.6) is 0 Å². The molecule has 1 aliphatic heterocycles. The molecule has 1 amide bonds. The molecule has 2 heterocycles. The quantitative estimate of drug-likeness (QED) is 0.810. The van der Waals surface area contributed by atoms with Crippen molar-refractivity contribution >= 4 is 27.5 Å². The van der Waals surface area contributed by atoms with Gasteiger partial charge in [0.15, 0.2) is 0 Å². The minimum Gasteiger partial charge on any atom is -0.368 e. The number of amides is 1. The summed E-state index contributed by atoms with van der Waals surface area (Å²) in [6.07, 6.45) is 0.352. The zero-order valence-corrected chi connectivity index (χ0v) is 11.7. The molecule has 100 valence electrons. The van der Waals surface area contributed by atoms with Crippen LogP contribution in [0, 0.1) is 6.92 Å². The van der Waals surface area contributed by atoms with E-state index in [0.29, 0.717) is 6.42 Å². The van der Waals surface area contributed by atoms with Crippen molar-refractivity contribution in [2.24, 2.45) is 5.73 Å². The van der Waals surface area contributed by atoms with Gasteiger partial charge in [-0.1, -0.05) is 0 Å². The van der Waals surface area contributed by atoms with Crippen LogP contribution in [-0.4, -0.2) is 31.7 Å². The summed E-state index contributed by atoms with van der Waals surface area (Å²) in [4.78, 5) is 13.3. The fraction of sp³-hybridized carbons (Fsp3) is 0.500. The molecule has 1 aromatic rings. The molecule has 3 N–H and O–H groups in total. The van der Waals surface area contributed by atoms with E-state index in [1.54, 1.807) is 0 Å². The summed E-state index contributed by atoms with van der Waals surface area (Å²) in [6.45, 7) is 1.95. The molecule has 1 aromatic heterocycles. The highest BCUT2D eigenvalue weighted by Gasteiger charge is 2.39. The molecule has 0 bridgehead atoms. The van der Waals surface area contributed by atoms with E-state index in [-0.39, 0.29) is 6.04 Å². The normalized spacial score (nSPS) is 28.1. The number of primary amides is 1. The molecule has 8 heteroatoms. The molecule has 18 heavy (non-hydrogen) atoms. The lowest BCUT2D eigenvalue weighted by Gasteiger charge is -2.34. The maximum absolute atomic E-state index is 11.9. The van der Waals surface area contributed by atoms with Crippen molar-refractivity contribution in [3.05, 3.63) is 21.9 Å². The highest BCUT2D eigenvalue weighted by Crippen LogP contribution is 2.31. The molecule has 0 unspecified atom stereocenters. The van der Waals surface area contributed by atoms with Gasteiger partial charge in [-0.25, -0.2) is 0 Å². The van der Waals surface area contributed by atoms with Crippen molar-refractivity contribution in [1.82, 2.24) is 9.03 Å². The summed E-state index contributed by atoms with van der Waals surface area (Å²) in [5, 5.41) is 0. The van der Waals surface area contributed by atoms with Crippen LogP contribution in [0.2, 0.25) is 0 Å². The smallest absolute Gasteiger partial charge is 0.280 e. The minimum absolute atomic E-state index is 0.352. The number of aryl methyl sites for hydroxylation is 1. The van der Waals surface area contributed by atoms with Gasteiger partial charge >= 0.3 is 0 Å². The van der Waals surface area contributed by atoms with E-state index in [2.05, 4.69) is 4.72 Å². The number of hydrogen-bond acceptors (Lipinski definition) is 4. The Balaban J connectivity index is 2.33. The fourth-order valence-corrected chi connectivity index (χ4v) is 4.25. The Morgan fingerprint density at radius 3 is 2.72 bits per heavy atom. The summed E-state index contributed by atoms with van der Waals surface area (Å²) < 4.78 is 27.3. The molecule has 1 saturated heterocycles. The number of thiophene rings is 1. The Bertz CT molecular complexity index is 567. The summed E-state index contributed by atoms with van der Waals surface area (Å²) in [5.41, 5.74) is 5.25. The molecular weight excluding hydrogens is 274 g/mol. The first-order chi connectivity index (χ1) is 8.31. The van der Waals surface area contributed by atoms with Gasteiger partial charge in [0.2, 0.25) is 5.91 Å². The van der Waals surface area contributed by atoms with E-state index in [1.165, 1.54) is 18.4 Å². The van der Waals surface area contributed by atoms with Gasteiger partial charge < -0.3 is 5.73 Å². The van der Waals surface area contributed by atoms with Gasteiger partial charge in [-0.2, -0.15) is 17.4 Å². The number of nitrogens with two attached hydrogens (primary N) is 1. The Hall–Kier alpha value is -0.960. The third-order valence-corrected chi connectivity index (χ3v) is 5.71. The third kappa shape index (κ3) is 2.41. The van der Waals surface area contributed by atoms with Crippen molar-refractivity contribution in [3.63, 3.8) is 0 Å². The number of carbonyl (C=O) groups excluding carboxylic acids is 1. The van der Waals surface area contributed by atoms with Crippen LogP contribution >= 0.6 is 11.3 Å². The molecule has 0 spiro atoms. The SMILES string of the molecule is Cc1ccc([C@H]2C[C@@H](C(N)=O)N(C)S(=O)(=O)N2)s1. The number of hydrogen-bond donors (Lipinski definition) is 2. The van der Waals surface area contributed by atoms with Gasteiger partial charge in [0.25, 0.3) is 10.2 Å². The largest absolute Gasteiger partial charge is 0.368 e. The Labute approximate surface area is 110 Å². The van der Waals surface area contributed by atoms with E-state index in [0.717, 1.165) is 14.1 Å². The van der Waals surface area contributed by atoms with Crippen molar-refractivity contribution in [2.75, 3.05) is 7.05 Å². The second-order valence-corrected chi connectivity index (χ2v) is 7.38. The standard InChI is InChI=1S/C10H15N3O3S2/c1-6-3-4-9(17-6)7-5-8(10(11)14)13(2)18(15,16)12-7/h3-4,7-8,12H,5H2,1-2H3,(H2,11,14)/t7-,8+/m1/s1. The predicted octanol–water partition coefficient (Wildman–Crippen LogP) is 0.121. The molecule has 1 aliphatic rings. The van der Waals surface area contributed by atoms with Crippen molar-refractivity contribution < 1.29 is 13.2 Å². The van der Waals surface area contributed by atoms with Gasteiger partial charge in [0, 0.05) is 16.8 Å². The topological polar surface area (TPSA) is 92.5 Å². The molecule has 2 atom stereocenters. The van der Waals surface area contributed by atoms with Gasteiger partial charge in [-0.05, 0) is 25.5 Å². The molecule has 6 nitrogen and oxygen atoms in total. The van der Waals surface area contributed by atoms with Crippen LogP contribution in [0.4, 0.5) is 0 Å². The monoisotopic (exact) mass is 289 g/mol. The predicted molar refractivity (Wildman–Crippen MR) is 69.2 cm³/mol. The second kappa shape index (κ2) is 4.61. The van der Waals surface area contributed by atoms with Crippen LogP contribution in [-0.2, 0) is 15.0 Å². The van der Waals surface area contributed by atoms with Gasteiger partial charge in [0.05, 0.1) is 6.04 Å². The maximum Gasteiger partial charge on any atom is 0.280 e. The van der Waals surface area contributed by atoms with E-state index in [1.807, 2.05) is 19.1 Å². The minimum atomic E-state index is -3.65. The Morgan fingerprint density at radius 1 is 1.56 bits per heavy atom. The molecular formula is C10H15N3O3S2. The van der Waals surface area contributed by atoms with Crippen molar-refractivity contribution in [3.8, 4) is 0 Å². The fourth-order valence-electron chi connectivity index (χ4n) is 1.96. The van der Waals surface area contributed by atoms with Crippen molar-refractivity contribution in [2.45, 2.75) is 25.4 Å². The van der Waals surface area contributed by atoms with E-state index in [4.69, 9.17) is 5.73 Å². The average Bonchev–Trinajstić information content (AvgIpc) is 2.68. The first-order valence-corrected chi connectivity index (χ1v) is 7.68. The lowest BCUT2D eigenvalue weighted by atomic mass is 10.1. The number of nitrogens with zero attached hydrogens (tertiary/aromatic N) is 1. The average molecular weight is 289 g/mol. The van der Waals surface area contributed by atoms with Gasteiger partial charge in [-0.3, -0.25) is 4.79 Å². The lowest BCUT2D eigenvalue weighted by molar-refractivity contribution is -0.122. The third-order valence-electron chi connectivity index (χ3n) is 3.00. The number of likely N-dealkylation sites (N-methyl/N-ethyl adjacent to an activating group) is 1. The zero-order chi connectivity index (χ0) is 13.5. The first-order valence-electron chi connectivity index (χ1n) is 5.42. The van der Waals surface area contributed by atoms with Crippen LogP contribution in [0.3, 0.4) is 0 Å². The zero-order valence-electron chi connectivity index (χ0n) is 10.1. The molecule has 2 rings (SSSR count). The first kappa shape index (κ1) is 13.5. The summed E-state index contributed by atoms with van der Waals surface area (Å²) in [7, 11) is -2.30. The molecule has 1 fully saturated rings. The Kier molecular flexibility index (Phi) is 3.45. The lowest BCUT2D eigenvalue weighted by Crippen LogP contribution is -2.56. The number of rotatable bonds is 2. The summed E-state index contributed by atoms with van der Waals surface area (Å²) in [5.74, 6) is -0.624. The van der Waals surface area contributed by atoms with E-state index >= 15 is 0 Å². The van der Waals surface area contributed by atoms with Crippen LogP contribution in [0.1, 0.15) is 22.2 Å². The summed E-state index contributed by atoms with van der Waals surface area (Å²) in [6, 6.07) is 2.61. The number of nitrogens with one attached hydrogen (secondary N) is 1. The molecule has 0 radical (unpaired) electrons. The Morgan fingerprint density at radius 2 is 2.22 bits per heavy atom. The highest BCUT2D eigenvalue weighted by molar-refractivity contribution is 7.87. The van der Waals surface area contributed by atoms with Gasteiger partial charge in [0.1, 0.15) is 6.04 Å². The summed E-state index contributed by atoms with van der Waals surface area (Å²) >= 11 is 1.51. The van der Waals surface area contributed by atoms with E-state index < -0.39 is 22.2 Å². The van der Waals surface area contributed by atoms with Crippen LogP contribution < -0.4 is 10.5 Å². The van der Waals surface area contributed by atoms with E-state index in [9.17, 15) is 13.2 Å². The molecule has 0 aliphatic carbocycles. The van der Waals surface area contributed by atoms with Crippen molar-refractivity contribution in [1.29, 1.82) is 0 Å². The second-order valence-electron chi connectivity index (χ2n) is 4.29. The van der Waals surface area contributed by atoms with Crippen LogP contribution in [0.25, 0.3) is 0 Å². The molecule has 0 saturated carbocycles. The number of carbonyl (C=O) groups is 1. The highest BCUT2D eigenvalue weighted by atomic mass is 32.2. The molecule has 0 aromatic carbocycles. The van der Waals surface area contributed by atoms with Crippen LogP contribution in [0.15, 0.2) is 12.1 Å². The van der Waals surface area contributed by atoms with Gasteiger partial charge in [-0.15, -0.1) is 11.3 Å². The maximum atomic E-state index is 11.9.